The Morgan fingerprint density at radius 1 is 1.27 bits per heavy atom. The number of benzene rings is 1. The highest BCUT2D eigenvalue weighted by atomic mass is 32.2. The Balaban J connectivity index is 1.56. The second-order valence-electron chi connectivity index (χ2n) is 5.50. The van der Waals surface area contributed by atoms with Crippen molar-refractivity contribution in [2.24, 2.45) is 10.7 Å². The molecule has 118 valence electrons. The molecule has 1 unspecified atom stereocenters. The zero-order valence-corrected chi connectivity index (χ0v) is 12.9. The first kappa shape index (κ1) is 14.5. The fourth-order valence-corrected chi connectivity index (χ4v) is 4.29. The first-order valence-corrected chi connectivity index (χ1v) is 8.14. The van der Waals surface area contributed by atoms with Crippen LogP contribution in [0.15, 0.2) is 35.3 Å². The van der Waals surface area contributed by atoms with Crippen molar-refractivity contribution in [3.8, 4) is 0 Å². The number of ether oxygens (including phenoxy) is 4. The van der Waals surface area contributed by atoms with Crippen LogP contribution in [0.5, 0.6) is 0 Å². The van der Waals surface area contributed by atoms with E-state index in [0.717, 1.165) is 5.56 Å². The number of aliphatic imine (C=N–C) groups is 1. The van der Waals surface area contributed by atoms with Gasteiger partial charge in [-0.3, -0.25) is 4.99 Å². The lowest BCUT2D eigenvalue weighted by Crippen LogP contribution is -2.59. The highest BCUT2D eigenvalue weighted by Gasteiger charge is 2.53. The molecule has 4 rings (SSSR count). The fraction of sp³-hybridized carbons (Fsp3) is 0.533. The Bertz CT molecular complexity index is 570. The van der Waals surface area contributed by atoms with Crippen molar-refractivity contribution in [1.29, 1.82) is 0 Å². The SMILES string of the molecule is CO[C@H]1O[C@@H]2COC(c3ccccc3)O[C@H]2[C@@H]2SC(N)=N[C@H]12. The highest BCUT2D eigenvalue weighted by Crippen LogP contribution is 2.42. The minimum absolute atomic E-state index is 0.0961. The van der Waals surface area contributed by atoms with Gasteiger partial charge in [0.15, 0.2) is 17.7 Å². The van der Waals surface area contributed by atoms with Crippen LogP contribution in [0.3, 0.4) is 0 Å². The number of hydrogen-bond acceptors (Lipinski definition) is 7. The molecule has 0 amide bonds. The molecule has 1 aromatic carbocycles. The number of nitrogens with two attached hydrogens (primary N) is 1. The second-order valence-corrected chi connectivity index (χ2v) is 6.69. The minimum atomic E-state index is -0.403. The van der Waals surface area contributed by atoms with Crippen molar-refractivity contribution in [3.05, 3.63) is 35.9 Å². The van der Waals surface area contributed by atoms with E-state index in [4.69, 9.17) is 24.7 Å². The van der Waals surface area contributed by atoms with Crippen LogP contribution >= 0.6 is 11.8 Å². The van der Waals surface area contributed by atoms with Crippen molar-refractivity contribution in [3.63, 3.8) is 0 Å². The smallest absolute Gasteiger partial charge is 0.184 e. The number of fused-ring (bicyclic) bond motifs is 3. The van der Waals surface area contributed by atoms with E-state index in [1.165, 1.54) is 11.8 Å². The van der Waals surface area contributed by atoms with Gasteiger partial charge in [0.1, 0.15) is 18.2 Å². The largest absolute Gasteiger partial charge is 0.379 e. The van der Waals surface area contributed by atoms with Crippen LogP contribution in [-0.4, -0.2) is 48.7 Å². The number of thioether (sulfide) groups is 1. The van der Waals surface area contributed by atoms with Gasteiger partial charge in [-0.25, -0.2) is 0 Å². The summed E-state index contributed by atoms with van der Waals surface area (Å²) >= 11 is 1.54. The summed E-state index contributed by atoms with van der Waals surface area (Å²) in [5, 5.41) is 0.659. The molecule has 6 atom stereocenters. The topological polar surface area (TPSA) is 75.3 Å². The monoisotopic (exact) mass is 322 g/mol. The molecule has 0 spiro atoms. The first-order valence-electron chi connectivity index (χ1n) is 7.26. The summed E-state index contributed by atoms with van der Waals surface area (Å²) in [6.45, 7) is 0.466. The van der Waals surface area contributed by atoms with Crippen LogP contribution in [0.4, 0.5) is 0 Å². The van der Waals surface area contributed by atoms with Gasteiger partial charge in [0, 0.05) is 12.7 Å². The van der Waals surface area contributed by atoms with Gasteiger partial charge in [0.2, 0.25) is 0 Å². The molecule has 0 aliphatic carbocycles. The molecule has 6 nitrogen and oxygen atoms in total. The Hall–Kier alpha value is -1.12. The molecule has 0 aromatic heterocycles. The minimum Gasteiger partial charge on any atom is -0.379 e. The van der Waals surface area contributed by atoms with E-state index in [1.54, 1.807) is 7.11 Å². The van der Waals surface area contributed by atoms with E-state index in [1.807, 2.05) is 30.3 Å². The van der Waals surface area contributed by atoms with E-state index in [9.17, 15) is 0 Å². The number of rotatable bonds is 2. The van der Waals surface area contributed by atoms with E-state index in [0.29, 0.717) is 11.8 Å². The van der Waals surface area contributed by atoms with E-state index in [2.05, 4.69) is 4.99 Å². The summed E-state index contributed by atoms with van der Waals surface area (Å²) in [6, 6.07) is 9.78. The lowest BCUT2D eigenvalue weighted by atomic mass is 9.99. The van der Waals surface area contributed by atoms with Gasteiger partial charge in [-0.05, 0) is 0 Å². The number of hydrogen-bond donors (Lipinski definition) is 1. The molecule has 3 aliphatic rings. The molecule has 1 aromatic rings. The van der Waals surface area contributed by atoms with E-state index < -0.39 is 6.29 Å². The van der Waals surface area contributed by atoms with Crippen LogP contribution < -0.4 is 5.73 Å². The third-order valence-electron chi connectivity index (χ3n) is 4.14. The van der Waals surface area contributed by atoms with Gasteiger partial charge in [0.25, 0.3) is 0 Å². The molecule has 3 heterocycles. The molecule has 0 saturated carbocycles. The Morgan fingerprint density at radius 2 is 2.09 bits per heavy atom. The van der Waals surface area contributed by atoms with Gasteiger partial charge in [-0.15, -0.1) is 0 Å². The molecular weight excluding hydrogens is 304 g/mol. The molecule has 2 fully saturated rings. The van der Waals surface area contributed by atoms with Crippen LogP contribution in [0.25, 0.3) is 0 Å². The predicted octanol–water partition coefficient (Wildman–Crippen LogP) is 1.27. The third-order valence-corrected chi connectivity index (χ3v) is 5.31. The van der Waals surface area contributed by atoms with Gasteiger partial charge in [-0.2, -0.15) is 0 Å². The summed E-state index contributed by atoms with van der Waals surface area (Å²) in [4.78, 5) is 4.44. The van der Waals surface area contributed by atoms with Crippen molar-refractivity contribution in [2.75, 3.05) is 13.7 Å². The molecule has 7 heteroatoms. The molecule has 2 saturated heterocycles. The number of nitrogens with zero attached hydrogens (tertiary/aromatic N) is 1. The molecule has 2 N–H and O–H groups in total. The molecule has 22 heavy (non-hydrogen) atoms. The van der Waals surface area contributed by atoms with E-state index in [-0.39, 0.29) is 29.8 Å². The van der Waals surface area contributed by atoms with Crippen molar-refractivity contribution in [2.45, 2.75) is 36.1 Å². The summed E-state index contributed by atoms with van der Waals surface area (Å²) < 4.78 is 23.3. The maximum Gasteiger partial charge on any atom is 0.184 e. The molecular formula is C15H18N2O4S. The Labute approximate surface area is 133 Å². The molecule has 3 aliphatic heterocycles. The van der Waals surface area contributed by atoms with E-state index >= 15 is 0 Å². The lowest BCUT2D eigenvalue weighted by Gasteiger charge is -2.46. The number of methoxy groups -OCH3 is 1. The summed E-state index contributed by atoms with van der Waals surface area (Å²) in [5.41, 5.74) is 6.90. The quantitative estimate of drug-likeness (QED) is 0.884. The van der Waals surface area contributed by atoms with Crippen molar-refractivity contribution in [1.82, 2.24) is 0 Å². The van der Waals surface area contributed by atoms with Crippen LogP contribution in [0.1, 0.15) is 11.9 Å². The van der Waals surface area contributed by atoms with Gasteiger partial charge in [-0.1, -0.05) is 42.1 Å². The predicted molar refractivity (Wildman–Crippen MR) is 82.5 cm³/mol. The Kier molecular flexibility index (Phi) is 3.83. The van der Waals surface area contributed by atoms with Crippen LogP contribution in [0, 0.1) is 0 Å². The third kappa shape index (κ3) is 2.43. The summed E-state index contributed by atoms with van der Waals surface area (Å²) in [7, 11) is 1.62. The molecule has 0 bridgehead atoms. The fourth-order valence-electron chi connectivity index (χ4n) is 3.12. The summed E-state index contributed by atoms with van der Waals surface area (Å²) in [6.07, 6.45) is -1.07. The zero-order valence-electron chi connectivity index (χ0n) is 12.1. The summed E-state index contributed by atoms with van der Waals surface area (Å²) in [5.74, 6) is 0. The van der Waals surface area contributed by atoms with Crippen molar-refractivity contribution >= 4 is 16.9 Å². The zero-order chi connectivity index (χ0) is 15.1. The first-order chi connectivity index (χ1) is 10.8. The maximum atomic E-state index is 6.18. The van der Waals surface area contributed by atoms with Gasteiger partial charge < -0.3 is 24.7 Å². The average molecular weight is 322 g/mol. The second kappa shape index (κ2) is 5.82. The van der Waals surface area contributed by atoms with Crippen molar-refractivity contribution < 1.29 is 18.9 Å². The highest BCUT2D eigenvalue weighted by molar-refractivity contribution is 8.14. The van der Waals surface area contributed by atoms with Gasteiger partial charge >= 0.3 is 0 Å². The van der Waals surface area contributed by atoms with Crippen LogP contribution in [0.2, 0.25) is 0 Å². The lowest BCUT2D eigenvalue weighted by molar-refractivity contribution is -0.314. The molecule has 0 radical (unpaired) electrons. The Morgan fingerprint density at radius 3 is 2.86 bits per heavy atom. The standard InChI is InChI=1S/C15H18N2O4S/c1-18-14-10-12(22-15(16)17-10)11-9(20-14)7-19-13(21-11)8-5-3-2-4-6-8/h2-6,9-14H,7H2,1H3,(H2,16,17)/t9-,10+,11-,12-,13?,14+/m1/s1. The maximum absolute atomic E-state index is 6.18. The van der Waals surface area contributed by atoms with Crippen LogP contribution in [-0.2, 0) is 18.9 Å². The normalized spacial score (nSPS) is 40.7. The number of amidine groups is 1. The average Bonchev–Trinajstić information content (AvgIpc) is 2.96. The van der Waals surface area contributed by atoms with Gasteiger partial charge in [0.05, 0.1) is 11.9 Å².